The fourth-order valence-corrected chi connectivity index (χ4v) is 1.64. The molecule has 0 spiro atoms. The van der Waals surface area contributed by atoms with Crippen LogP contribution in [0.2, 0.25) is 0 Å². The minimum atomic E-state index is -5.59. The Morgan fingerprint density at radius 2 is 1.22 bits per heavy atom. The molecule has 156 valence electrons. The lowest BCUT2D eigenvalue weighted by molar-refractivity contribution is -0.241. The standard InChI is InChI=1S/C11H7F9O7/c12-9(13,14)6(21)24-2-3-1-4(26-7(22)10(15,16)17)5(25-3)27-8(23)11(18,19)20/h3-5H,1-2H2. The second kappa shape index (κ2) is 7.77. The second-order valence-corrected chi connectivity index (χ2v) is 4.80. The van der Waals surface area contributed by atoms with Crippen LogP contribution in [0.4, 0.5) is 39.5 Å². The predicted octanol–water partition coefficient (Wildman–Crippen LogP) is 1.79. The summed E-state index contributed by atoms with van der Waals surface area (Å²) in [5, 5.41) is 0. The molecule has 3 unspecified atom stereocenters. The molecule has 0 saturated carbocycles. The molecule has 1 fully saturated rings. The van der Waals surface area contributed by atoms with Crippen LogP contribution < -0.4 is 0 Å². The summed E-state index contributed by atoms with van der Waals surface area (Å²) in [5.74, 6) is -8.52. The Labute approximate surface area is 142 Å². The van der Waals surface area contributed by atoms with Gasteiger partial charge in [0.05, 0.1) is 6.10 Å². The van der Waals surface area contributed by atoms with Gasteiger partial charge in [-0.1, -0.05) is 0 Å². The van der Waals surface area contributed by atoms with Crippen molar-refractivity contribution >= 4 is 17.9 Å². The van der Waals surface area contributed by atoms with Gasteiger partial charge in [0.15, 0.2) is 6.10 Å². The van der Waals surface area contributed by atoms with E-state index in [1.807, 2.05) is 0 Å². The summed E-state index contributed by atoms with van der Waals surface area (Å²) in [6, 6.07) is 0. The molecule has 0 aliphatic carbocycles. The first-order chi connectivity index (χ1) is 12.0. The lowest BCUT2D eigenvalue weighted by Gasteiger charge is -2.20. The molecule has 1 heterocycles. The van der Waals surface area contributed by atoms with E-state index in [2.05, 4.69) is 18.9 Å². The molecule has 3 atom stereocenters. The van der Waals surface area contributed by atoms with E-state index >= 15 is 0 Å². The van der Waals surface area contributed by atoms with E-state index in [1.165, 1.54) is 0 Å². The van der Waals surface area contributed by atoms with Crippen LogP contribution in [0, 0.1) is 0 Å². The highest BCUT2D eigenvalue weighted by atomic mass is 19.4. The van der Waals surface area contributed by atoms with E-state index in [1.54, 1.807) is 0 Å². The van der Waals surface area contributed by atoms with Crippen molar-refractivity contribution in [2.75, 3.05) is 6.61 Å². The predicted molar refractivity (Wildman–Crippen MR) is 58.4 cm³/mol. The van der Waals surface area contributed by atoms with E-state index in [9.17, 15) is 53.9 Å². The molecule has 7 nitrogen and oxygen atoms in total. The van der Waals surface area contributed by atoms with E-state index in [0.29, 0.717) is 0 Å². The maximum Gasteiger partial charge on any atom is 0.491 e. The monoisotopic (exact) mass is 422 g/mol. The lowest BCUT2D eigenvalue weighted by atomic mass is 10.2. The molecular formula is C11H7F9O7. The third-order valence-corrected chi connectivity index (χ3v) is 2.70. The van der Waals surface area contributed by atoms with Crippen molar-refractivity contribution in [3.63, 3.8) is 0 Å². The molecule has 1 aliphatic rings. The average molecular weight is 422 g/mol. The van der Waals surface area contributed by atoms with Crippen molar-refractivity contribution in [3.8, 4) is 0 Å². The molecule has 0 aromatic heterocycles. The van der Waals surface area contributed by atoms with Crippen LogP contribution in [-0.4, -0.2) is 61.5 Å². The third-order valence-electron chi connectivity index (χ3n) is 2.70. The topological polar surface area (TPSA) is 88.1 Å². The average Bonchev–Trinajstić information content (AvgIpc) is 2.83. The highest BCUT2D eigenvalue weighted by Crippen LogP contribution is 2.30. The zero-order valence-electron chi connectivity index (χ0n) is 12.4. The molecule has 1 aliphatic heterocycles. The Hall–Kier alpha value is -2.26. The largest absolute Gasteiger partial charge is 0.491 e. The molecule has 1 saturated heterocycles. The van der Waals surface area contributed by atoms with Crippen LogP contribution in [0.25, 0.3) is 0 Å². The minimum Gasteiger partial charge on any atom is -0.456 e. The van der Waals surface area contributed by atoms with E-state index in [4.69, 9.17) is 0 Å². The number of carbonyl (C=O) groups excluding carboxylic acids is 3. The zero-order chi connectivity index (χ0) is 21.2. The number of hydrogen-bond acceptors (Lipinski definition) is 7. The van der Waals surface area contributed by atoms with Crippen molar-refractivity contribution in [2.24, 2.45) is 0 Å². The zero-order valence-corrected chi connectivity index (χ0v) is 12.4. The number of alkyl halides is 9. The van der Waals surface area contributed by atoms with Crippen LogP contribution in [0.1, 0.15) is 6.42 Å². The summed E-state index contributed by atoms with van der Waals surface area (Å²) < 4.78 is 125. The van der Waals surface area contributed by atoms with Gasteiger partial charge in [0.1, 0.15) is 6.61 Å². The fourth-order valence-electron chi connectivity index (χ4n) is 1.64. The molecular weight excluding hydrogens is 415 g/mol. The Bertz CT molecular complexity index is 544. The van der Waals surface area contributed by atoms with Gasteiger partial charge in [0, 0.05) is 6.42 Å². The molecule has 0 radical (unpaired) electrons. The maximum atomic E-state index is 12.2. The summed E-state index contributed by atoms with van der Waals surface area (Å²) in [6.45, 7) is -1.28. The van der Waals surface area contributed by atoms with Gasteiger partial charge in [-0.2, -0.15) is 39.5 Å². The number of rotatable bonds is 4. The summed E-state index contributed by atoms with van der Waals surface area (Å²) in [6.07, 6.45) is -24.1. The van der Waals surface area contributed by atoms with Gasteiger partial charge < -0.3 is 18.9 Å². The number of halogens is 9. The van der Waals surface area contributed by atoms with Crippen molar-refractivity contribution in [3.05, 3.63) is 0 Å². The Morgan fingerprint density at radius 3 is 1.67 bits per heavy atom. The van der Waals surface area contributed by atoms with Crippen molar-refractivity contribution in [1.82, 2.24) is 0 Å². The molecule has 0 amide bonds. The van der Waals surface area contributed by atoms with E-state index in [-0.39, 0.29) is 0 Å². The van der Waals surface area contributed by atoms with Gasteiger partial charge in [-0.25, -0.2) is 14.4 Å². The summed E-state index contributed by atoms with van der Waals surface area (Å²) in [7, 11) is 0. The van der Waals surface area contributed by atoms with Gasteiger partial charge in [-0.15, -0.1) is 0 Å². The number of hydrogen-bond donors (Lipinski definition) is 0. The first-order valence-electron chi connectivity index (χ1n) is 6.47. The highest BCUT2D eigenvalue weighted by molar-refractivity contribution is 5.77. The Morgan fingerprint density at radius 1 is 0.778 bits per heavy atom. The Kier molecular flexibility index (Phi) is 6.56. The normalized spacial score (nSPS) is 23.7. The second-order valence-electron chi connectivity index (χ2n) is 4.80. The van der Waals surface area contributed by atoms with Gasteiger partial charge in [0.2, 0.25) is 6.29 Å². The van der Waals surface area contributed by atoms with Gasteiger partial charge in [0.25, 0.3) is 0 Å². The van der Waals surface area contributed by atoms with Gasteiger partial charge in [-0.3, -0.25) is 0 Å². The summed E-state index contributed by atoms with van der Waals surface area (Å²) >= 11 is 0. The molecule has 0 bridgehead atoms. The van der Waals surface area contributed by atoms with Crippen LogP contribution in [0.3, 0.4) is 0 Å². The van der Waals surface area contributed by atoms with Crippen molar-refractivity contribution < 1.29 is 72.8 Å². The van der Waals surface area contributed by atoms with Gasteiger partial charge in [-0.05, 0) is 0 Å². The molecule has 0 N–H and O–H groups in total. The van der Waals surface area contributed by atoms with E-state index < -0.39 is 68.0 Å². The minimum absolute atomic E-state index is 0.956. The summed E-state index contributed by atoms with van der Waals surface area (Å²) in [4.78, 5) is 32.0. The highest BCUT2D eigenvalue weighted by Gasteiger charge is 2.51. The quantitative estimate of drug-likeness (QED) is 0.388. The summed E-state index contributed by atoms with van der Waals surface area (Å²) in [5.41, 5.74) is 0. The van der Waals surface area contributed by atoms with Crippen LogP contribution in [0.5, 0.6) is 0 Å². The first kappa shape index (κ1) is 22.8. The number of esters is 3. The molecule has 1 rings (SSSR count). The van der Waals surface area contributed by atoms with Crippen LogP contribution >= 0.6 is 0 Å². The molecule has 16 heteroatoms. The number of ether oxygens (including phenoxy) is 4. The van der Waals surface area contributed by atoms with E-state index in [0.717, 1.165) is 0 Å². The smallest absolute Gasteiger partial charge is 0.456 e. The van der Waals surface area contributed by atoms with Gasteiger partial charge >= 0.3 is 36.4 Å². The lowest BCUT2D eigenvalue weighted by Crippen LogP contribution is -2.39. The Balaban J connectivity index is 2.81. The fraction of sp³-hybridized carbons (Fsp3) is 0.727. The SMILES string of the molecule is O=C(OCC1CC(OC(=O)C(F)(F)F)C(OC(=O)C(F)(F)F)O1)C(F)(F)F. The molecule has 27 heavy (non-hydrogen) atoms. The maximum absolute atomic E-state index is 12.2. The molecule has 0 aromatic rings. The first-order valence-corrected chi connectivity index (χ1v) is 6.47. The van der Waals surface area contributed by atoms with Crippen molar-refractivity contribution in [2.45, 2.75) is 43.4 Å². The van der Waals surface area contributed by atoms with Crippen LogP contribution in [-0.2, 0) is 33.3 Å². The van der Waals surface area contributed by atoms with Crippen molar-refractivity contribution in [1.29, 1.82) is 0 Å². The third kappa shape index (κ3) is 6.76. The number of carbonyl (C=O) groups is 3. The van der Waals surface area contributed by atoms with Crippen LogP contribution in [0.15, 0.2) is 0 Å². The molecule has 0 aromatic carbocycles.